The van der Waals surface area contributed by atoms with Crippen LogP contribution in [0.2, 0.25) is 0 Å². The molecule has 106 valence electrons. The highest BCUT2D eigenvalue weighted by atomic mass is 16.3. The molecule has 3 nitrogen and oxygen atoms in total. The van der Waals surface area contributed by atoms with Gasteiger partial charge in [-0.05, 0) is 50.5 Å². The van der Waals surface area contributed by atoms with E-state index < -0.39 is 0 Å². The molecular formula is C15H30N2O. The molecular weight excluding hydrogens is 224 g/mol. The molecule has 4 atom stereocenters. The summed E-state index contributed by atoms with van der Waals surface area (Å²) in [5.74, 6) is 1.57. The zero-order valence-corrected chi connectivity index (χ0v) is 12.1. The average Bonchev–Trinajstić information content (AvgIpc) is 2.35. The van der Waals surface area contributed by atoms with Crippen molar-refractivity contribution in [3.63, 3.8) is 0 Å². The molecule has 1 saturated carbocycles. The predicted octanol–water partition coefficient (Wildman–Crippen LogP) is 1.86. The van der Waals surface area contributed by atoms with Gasteiger partial charge in [0, 0.05) is 31.8 Å². The van der Waals surface area contributed by atoms with Gasteiger partial charge in [-0.1, -0.05) is 13.8 Å². The van der Waals surface area contributed by atoms with Gasteiger partial charge in [-0.25, -0.2) is 0 Å². The maximum atomic E-state index is 9.19. The molecule has 0 spiro atoms. The molecule has 1 aliphatic carbocycles. The zero-order valence-electron chi connectivity index (χ0n) is 12.1. The van der Waals surface area contributed by atoms with E-state index >= 15 is 0 Å². The summed E-state index contributed by atoms with van der Waals surface area (Å²) in [6.45, 7) is 8.52. The summed E-state index contributed by atoms with van der Waals surface area (Å²) in [4.78, 5) is 2.70. The van der Waals surface area contributed by atoms with Crippen molar-refractivity contribution < 1.29 is 5.11 Å². The molecule has 0 radical (unpaired) electrons. The topological polar surface area (TPSA) is 35.5 Å². The van der Waals surface area contributed by atoms with E-state index in [2.05, 4.69) is 24.1 Å². The Labute approximate surface area is 112 Å². The van der Waals surface area contributed by atoms with Crippen LogP contribution in [0.1, 0.15) is 46.0 Å². The minimum Gasteiger partial charge on any atom is -0.396 e. The number of rotatable bonds is 6. The molecule has 1 saturated heterocycles. The van der Waals surface area contributed by atoms with Crippen molar-refractivity contribution in [2.45, 2.75) is 58.0 Å². The van der Waals surface area contributed by atoms with Crippen LogP contribution in [-0.4, -0.2) is 48.3 Å². The highest BCUT2D eigenvalue weighted by molar-refractivity contribution is 4.92. The van der Waals surface area contributed by atoms with E-state index in [1.165, 1.54) is 38.8 Å². The van der Waals surface area contributed by atoms with Gasteiger partial charge < -0.3 is 10.4 Å². The van der Waals surface area contributed by atoms with Crippen LogP contribution in [0.5, 0.6) is 0 Å². The Bertz CT molecular complexity index is 247. The van der Waals surface area contributed by atoms with Crippen LogP contribution in [0.15, 0.2) is 0 Å². The van der Waals surface area contributed by atoms with Crippen LogP contribution < -0.4 is 5.32 Å². The quantitative estimate of drug-likeness (QED) is 0.759. The number of likely N-dealkylation sites (tertiary alicyclic amines) is 1. The van der Waals surface area contributed by atoms with Crippen LogP contribution in [0.25, 0.3) is 0 Å². The molecule has 18 heavy (non-hydrogen) atoms. The van der Waals surface area contributed by atoms with Gasteiger partial charge in [0.25, 0.3) is 0 Å². The summed E-state index contributed by atoms with van der Waals surface area (Å²) < 4.78 is 0. The number of hydrogen-bond donors (Lipinski definition) is 2. The van der Waals surface area contributed by atoms with E-state index in [0.717, 1.165) is 24.9 Å². The van der Waals surface area contributed by atoms with E-state index in [1.807, 2.05) is 0 Å². The second kappa shape index (κ2) is 6.88. The molecule has 1 heterocycles. The Morgan fingerprint density at radius 3 is 2.67 bits per heavy atom. The summed E-state index contributed by atoms with van der Waals surface area (Å²) in [5, 5.41) is 12.9. The van der Waals surface area contributed by atoms with E-state index in [9.17, 15) is 5.11 Å². The third kappa shape index (κ3) is 3.46. The third-order valence-electron chi connectivity index (χ3n) is 4.83. The monoisotopic (exact) mass is 254 g/mol. The first-order valence-electron chi connectivity index (χ1n) is 7.82. The molecule has 0 amide bonds. The lowest BCUT2D eigenvalue weighted by molar-refractivity contribution is 0.0180. The van der Waals surface area contributed by atoms with Gasteiger partial charge in [-0.15, -0.1) is 0 Å². The highest BCUT2D eigenvalue weighted by Gasteiger charge is 2.37. The molecule has 2 N–H and O–H groups in total. The first-order chi connectivity index (χ1) is 8.74. The summed E-state index contributed by atoms with van der Waals surface area (Å²) in [7, 11) is 0. The summed E-state index contributed by atoms with van der Waals surface area (Å²) in [5.41, 5.74) is 0. The number of nitrogens with one attached hydrogen (secondary N) is 1. The fraction of sp³-hybridized carbons (Fsp3) is 1.00. The molecule has 0 aromatic rings. The third-order valence-corrected chi connectivity index (χ3v) is 4.83. The van der Waals surface area contributed by atoms with Crippen LogP contribution in [0.4, 0.5) is 0 Å². The first kappa shape index (κ1) is 14.3. The Kier molecular flexibility index (Phi) is 5.46. The Hall–Kier alpha value is -0.120. The van der Waals surface area contributed by atoms with Crippen LogP contribution in [-0.2, 0) is 0 Å². The fourth-order valence-corrected chi connectivity index (χ4v) is 3.59. The minimum atomic E-state index is 0.346. The van der Waals surface area contributed by atoms with Gasteiger partial charge in [-0.2, -0.15) is 0 Å². The summed E-state index contributed by atoms with van der Waals surface area (Å²) in [6.07, 6.45) is 6.22. The second-order valence-electron chi connectivity index (χ2n) is 6.34. The standard InChI is InChI=1S/C15H30N2O/c1-3-7-16-14-9-13(6-8-18)10-17(11-14)15-5-4-12(15)2/h12-16,18H,3-11H2,1-2H3. The molecule has 2 fully saturated rings. The van der Waals surface area contributed by atoms with Crippen LogP contribution in [0.3, 0.4) is 0 Å². The van der Waals surface area contributed by atoms with Gasteiger partial charge in [-0.3, -0.25) is 4.90 Å². The number of aliphatic hydroxyl groups excluding tert-OH is 1. The fourth-order valence-electron chi connectivity index (χ4n) is 3.59. The Morgan fingerprint density at radius 1 is 1.28 bits per heavy atom. The smallest absolute Gasteiger partial charge is 0.0434 e. The van der Waals surface area contributed by atoms with Crippen molar-refractivity contribution in [3.05, 3.63) is 0 Å². The number of aliphatic hydroxyl groups is 1. The van der Waals surface area contributed by atoms with E-state index in [1.54, 1.807) is 0 Å². The number of piperidine rings is 1. The minimum absolute atomic E-state index is 0.346. The first-order valence-corrected chi connectivity index (χ1v) is 7.82. The SMILES string of the molecule is CCCNC1CC(CCO)CN(C2CCC2C)C1. The van der Waals surface area contributed by atoms with Gasteiger partial charge in [0.1, 0.15) is 0 Å². The predicted molar refractivity (Wildman–Crippen MR) is 75.7 cm³/mol. The van der Waals surface area contributed by atoms with Crippen molar-refractivity contribution in [1.82, 2.24) is 10.2 Å². The lowest BCUT2D eigenvalue weighted by Crippen LogP contribution is -2.56. The van der Waals surface area contributed by atoms with Crippen molar-refractivity contribution in [1.29, 1.82) is 0 Å². The summed E-state index contributed by atoms with van der Waals surface area (Å²) in [6, 6.07) is 1.46. The lowest BCUT2D eigenvalue weighted by atomic mass is 9.78. The van der Waals surface area contributed by atoms with Crippen molar-refractivity contribution in [2.75, 3.05) is 26.2 Å². The van der Waals surface area contributed by atoms with Crippen LogP contribution in [0, 0.1) is 11.8 Å². The molecule has 3 heteroatoms. The van der Waals surface area contributed by atoms with Crippen molar-refractivity contribution >= 4 is 0 Å². The van der Waals surface area contributed by atoms with E-state index in [4.69, 9.17) is 0 Å². The maximum Gasteiger partial charge on any atom is 0.0434 e. The van der Waals surface area contributed by atoms with Crippen molar-refractivity contribution in [3.8, 4) is 0 Å². The zero-order chi connectivity index (χ0) is 13.0. The summed E-state index contributed by atoms with van der Waals surface area (Å²) >= 11 is 0. The lowest BCUT2D eigenvalue weighted by Gasteiger charge is -2.48. The molecule has 0 aromatic carbocycles. The Morgan fingerprint density at radius 2 is 2.11 bits per heavy atom. The maximum absolute atomic E-state index is 9.19. The molecule has 2 aliphatic rings. The van der Waals surface area contributed by atoms with Gasteiger partial charge in [0.05, 0.1) is 0 Å². The molecule has 0 bridgehead atoms. The van der Waals surface area contributed by atoms with Crippen LogP contribution >= 0.6 is 0 Å². The second-order valence-corrected chi connectivity index (χ2v) is 6.34. The number of hydrogen-bond acceptors (Lipinski definition) is 3. The largest absolute Gasteiger partial charge is 0.396 e. The van der Waals surface area contributed by atoms with Crippen molar-refractivity contribution in [2.24, 2.45) is 11.8 Å². The van der Waals surface area contributed by atoms with Gasteiger partial charge >= 0.3 is 0 Å². The Balaban J connectivity index is 1.88. The van der Waals surface area contributed by atoms with Gasteiger partial charge in [0.15, 0.2) is 0 Å². The van der Waals surface area contributed by atoms with E-state index in [0.29, 0.717) is 18.6 Å². The molecule has 1 aliphatic heterocycles. The normalized spacial score (nSPS) is 37.5. The number of nitrogens with zero attached hydrogens (tertiary/aromatic N) is 1. The molecule has 0 aromatic heterocycles. The highest BCUT2D eigenvalue weighted by Crippen LogP contribution is 2.34. The molecule has 4 unspecified atom stereocenters. The average molecular weight is 254 g/mol. The van der Waals surface area contributed by atoms with Gasteiger partial charge in [0.2, 0.25) is 0 Å². The molecule has 2 rings (SSSR count). The van der Waals surface area contributed by atoms with E-state index in [-0.39, 0.29) is 0 Å².